The van der Waals surface area contributed by atoms with Crippen LogP contribution in [0.5, 0.6) is 0 Å². The topological polar surface area (TPSA) is 188 Å². The molecule has 267 valence electrons. The average molecular weight is 715 g/mol. The molecule has 2 heterocycles. The van der Waals surface area contributed by atoms with Gasteiger partial charge in [-0.2, -0.15) is 0 Å². The zero-order valence-corrected chi connectivity index (χ0v) is 29.3. The van der Waals surface area contributed by atoms with Crippen molar-refractivity contribution in [2.75, 3.05) is 13.1 Å². The summed E-state index contributed by atoms with van der Waals surface area (Å²) < 4.78 is 0. The van der Waals surface area contributed by atoms with Crippen molar-refractivity contribution in [1.82, 2.24) is 26.3 Å². The second-order valence-electron chi connectivity index (χ2n) is 12.7. The van der Waals surface area contributed by atoms with Gasteiger partial charge in [-0.05, 0) is 48.9 Å². The SMILES string of the molecule is N[C@H](C(=O)O)c1ccccc1.N[C@H](C(=O)O)c1ccccc1.[Mn].c1cc2nc(c1)CN[C@H]1CCCC[C@@H]1NCCN[C@H]1CCCC[C@@H]1NC2. The Morgan fingerprint density at radius 1 is 0.571 bits per heavy atom. The standard InChI is InChI=1S/C21H35N5.2C8H9NO2.Mn/c1-3-10-20-18(8-1)22-12-13-23-19-9-2-4-11-21(19)25-15-17-7-5-6-16(26-17)14-24-20;2*9-7(8(10)11)6-4-2-1-3-5-6;/h5-7,18-25H,1-4,8-15H2;2*1-5,7H,9H2,(H,10,11);/t18-,19-,20-,21-;2*7-;/m000./s1. The summed E-state index contributed by atoms with van der Waals surface area (Å²) in [5, 5.41) is 32.2. The van der Waals surface area contributed by atoms with E-state index >= 15 is 0 Å². The maximum absolute atomic E-state index is 10.4. The molecule has 2 fully saturated rings. The molecule has 0 amide bonds. The zero-order chi connectivity index (χ0) is 34.1. The van der Waals surface area contributed by atoms with Gasteiger partial charge in [-0.25, -0.2) is 0 Å². The molecule has 49 heavy (non-hydrogen) atoms. The van der Waals surface area contributed by atoms with E-state index in [9.17, 15) is 9.59 Å². The molecule has 1 radical (unpaired) electrons. The number of fused-ring (bicyclic) bond motifs is 4. The number of carbonyl (C=O) groups is 2. The molecule has 0 unspecified atom stereocenters. The maximum atomic E-state index is 10.4. The molecule has 1 aliphatic heterocycles. The smallest absolute Gasteiger partial charge is 0.325 e. The second-order valence-corrected chi connectivity index (χ2v) is 12.7. The minimum absolute atomic E-state index is 0. The Morgan fingerprint density at radius 2 is 0.918 bits per heavy atom. The quantitative estimate of drug-likeness (QED) is 0.185. The van der Waals surface area contributed by atoms with Gasteiger partial charge in [0.25, 0.3) is 0 Å². The van der Waals surface area contributed by atoms with Crippen LogP contribution in [0, 0.1) is 0 Å². The monoisotopic (exact) mass is 714 g/mol. The van der Waals surface area contributed by atoms with Crippen molar-refractivity contribution in [2.45, 2.75) is 101 Å². The van der Waals surface area contributed by atoms with E-state index in [-0.39, 0.29) is 17.1 Å². The molecule has 10 N–H and O–H groups in total. The van der Waals surface area contributed by atoms with Crippen LogP contribution in [0.2, 0.25) is 0 Å². The molecule has 2 bridgehead atoms. The second kappa shape index (κ2) is 21.8. The number of nitrogens with one attached hydrogen (secondary N) is 4. The van der Waals surface area contributed by atoms with Crippen molar-refractivity contribution in [3.63, 3.8) is 0 Å². The third kappa shape index (κ3) is 13.6. The summed E-state index contributed by atoms with van der Waals surface area (Å²) in [6.45, 7) is 3.89. The number of hydrogen-bond acceptors (Lipinski definition) is 9. The zero-order valence-electron chi connectivity index (χ0n) is 28.1. The van der Waals surface area contributed by atoms with E-state index in [4.69, 9.17) is 26.7 Å². The largest absolute Gasteiger partial charge is 0.480 e. The van der Waals surface area contributed by atoms with Crippen molar-refractivity contribution in [1.29, 1.82) is 0 Å². The number of nitrogens with zero attached hydrogens (tertiary/aromatic N) is 1. The predicted molar refractivity (Wildman–Crippen MR) is 188 cm³/mol. The van der Waals surface area contributed by atoms with Gasteiger partial charge in [0, 0.05) is 67.4 Å². The Morgan fingerprint density at radius 3 is 1.27 bits per heavy atom. The summed E-state index contributed by atoms with van der Waals surface area (Å²) in [4.78, 5) is 25.6. The number of carboxylic acids is 2. The molecule has 2 aliphatic carbocycles. The first-order chi connectivity index (χ1) is 23.3. The number of carboxylic acid groups (broad SMARTS) is 2. The van der Waals surface area contributed by atoms with Gasteiger partial charge in [-0.15, -0.1) is 0 Å². The number of hydrogen-bond donors (Lipinski definition) is 8. The van der Waals surface area contributed by atoms with Crippen LogP contribution in [0.1, 0.15) is 86.0 Å². The van der Waals surface area contributed by atoms with Crippen molar-refractivity contribution in [3.05, 3.63) is 101 Å². The van der Waals surface area contributed by atoms with Crippen molar-refractivity contribution in [3.8, 4) is 0 Å². The first kappa shape index (κ1) is 40.2. The normalized spacial score (nSPS) is 23.6. The summed E-state index contributed by atoms with van der Waals surface area (Å²) in [5.74, 6) is -2.01. The molecule has 0 saturated heterocycles. The van der Waals surface area contributed by atoms with Crippen molar-refractivity contribution < 1.29 is 36.9 Å². The van der Waals surface area contributed by atoms with Gasteiger partial charge in [0.1, 0.15) is 12.1 Å². The first-order valence-electron chi connectivity index (χ1n) is 17.3. The van der Waals surface area contributed by atoms with E-state index in [2.05, 4.69) is 39.5 Å². The fraction of sp³-hybridized carbons (Fsp3) is 0.486. The molecule has 0 spiro atoms. The number of aromatic nitrogens is 1. The minimum Gasteiger partial charge on any atom is -0.480 e. The number of rotatable bonds is 4. The number of benzene rings is 2. The molecule has 11 nitrogen and oxygen atoms in total. The Kier molecular flexibility index (Phi) is 17.9. The number of aliphatic carboxylic acids is 2. The Bertz CT molecular complexity index is 1290. The van der Waals surface area contributed by atoms with Crippen LogP contribution >= 0.6 is 0 Å². The minimum atomic E-state index is -1.00. The number of nitrogens with two attached hydrogens (primary N) is 2. The van der Waals surface area contributed by atoms with Gasteiger partial charge < -0.3 is 42.9 Å². The van der Waals surface area contributed by atoms with Crippen LogP contribution in [-0.4, -0.2) is 64.4 Å². The maximum Gasteiger partial charge on any atom is 0.325 e. The van der Waals surface area contributed by atoms with Gasteiger partial charge in [0.05, 0.1) is 11.4 Å². The molecule has 3 aromatic rings. The molecule has 1 aromatic heterocycles. The summed E-state index contributed by atoms with van der Waals surface area (Å²) >= 11 is 0. The molecule has 2 saturated carbocycles. The van der Waals surface area contributed by atoms with Gasteiger partial charge in [0.15, 0.2) is 0 Å². The molecular weight excluding hydrogens is 661 g/mol. The van der Waals surface area contributed by atoms with Gasteiger partial charge in [-0.3, -0.25) is 14.6 Å². The van der Waals surface area contributed by atoms with Crippen molar-refractivity contribution >= 4 is 11.9 Å². The molecule has 6 rings (SSSR count). The van der Waals surface area contributed by atoms with Crippen LogP contribution in [-0.2, 0) is 39.7 Å². The molecule has 2 aromatic carbocycles. The van der Waals surface area contributed by atoms with Crippen molar-refractivity contribution in [2.24, 2.45) is 11.5 Å². The Hall–Kier alpha value is -3.19. The van der Waals surface area contributed by atoms with E-state index in [1.54, 1.807) is 48.5 Å². The fourth-order valence-electron chi connectivity index (χ4n) is 6.56. The predicted octanol–water partition coefficient (Wildman–Crippen LogP) is 3.62. The van der Waals surface area contributed by atoms with Crippen LogP contribution in [0.3, 0.4) is 0 Å². The van der Waals surface area contributed by atoms with Crippen LogP contribution in [0.4, 0.5) is 0 Å². The fourth-order valence-corrected chi connectivity index (χ4v) is 6.56. The van der Waals surface area contributed by atoms with Gasteiger partial charge in [-0.1, -0.05) is 92.4 Å². The van der Waals surface area contributed by atoms with Gasteiger partial charge >= 0.3 is 11.9 Å². The van der Waals surface area contributed by atoms with E-state index in [0.29, 0.717) is 35.3 Å². The third-order valence-corrected chi connectivity index (χ3v) is 9.27. The van der Waals surface area contributed by atoms with E-state index in [1.165, 1.54) is 62.8 Å². The number of pyridine rings is 1. The summed E-state index contributed by atoms with van der Waals surface area (Å²) in [6, 6.07) is 24.4. The van der Waals surface area contributed by atoms with Crippen LogP contribution < -0.4 is 32.7 Å². The summed E-state index contributed by atoms with van der Waals surface area (Å²) in [5.41, 5.74) is 14.3. The molecule has 3 aliphatic rings. The Balaban J connectivity index is 0.000000235. The van der Waals surface area contributed by atoms with E-state index in [0.717, 1.165) is 26.2 Å². The molecular formula is C37H53MnN7O4. The Labute approximate surface area is 300 Å². The summed E-state index contributed by atoms with van der Waals surface area (Å²) in [6.07, 6.45) is 10.5. The third-order valence-electron chi connectivity index (χ3n) is 9.27. The first-order valence-corrected chi connectivity index (χ1v) is 17.3. The van der Waals surface area contributed by atoms with E-state index < -0.39 is 24.0 Å². The molecule has 12 heteroatoms. The van der Waals surface area contributed by atoms with E-state index in [1.807, 2.05) is 12.1 Å². The van der Waals surface area contributed by atoms with Crippen LogP contribution in [0.25, 0.3) is 0 Å². The average Bonchev–Trinajstić information content (AvgIpc) is 3.13. The molecule has 6 atom stereocenters. The van der Waals surface area contributed by atoms with Gasteiger partial charge in [0.2, 0.25) is 0 Å². The van der Waals surface area contributed by atoms with Crippen LogP contribution in [0.15, 0.2) is 78.9 Å². The summed E-state index contributed by atoms with van der Waals surface area (Å²) in [7, 11) is 0.